The number of thiocarbonyl (C=S) groups is 1. The number of thioether (sulfide) groups is 1. The Morgan fingerprint density at radius 2 is 1.89 bits per heavy atom. The summed E-state index contributed by atoms with van der Waals surface area (Å²) in [6.45, 7) is 2.28. The van der Waals surface area contributed by atoms with Crippen LogP contribution >= 0.6 is 24.0 Å². The maximum atomic E-state index is 12.9. The molecule has 0 unspecified atom stereocenters. The summed E-state index contributed by atoms with van der Waals surface area (Å²) in [6.07, 6.45) is 1.73. The third-order valence-electron chi connectivity index (χ3n) is 3.79. The third-order valence-corrected chi connectivity index (χ3v) is 5.17. The van der Waals surface area contributed by atoms with Crippen molar-refractivity contribution in [2.45, 2.75) is 6.92 Å². The molecule has 2 amide bonds. The van der Waals surface area contributed by atoms with E-state index in [1.54, 1.807) is 6.08 Å². The normalized spacial score (nSPS) is 15.2. The van der Waals surface area contributed by atoms with E-state index in [0.717, 1.165) is 23.1 Å². The summed E-state index contributed by atoms with van der Waals surface area (Å²) in [5.74, 6) is -0.373. The summed E-state index contributed by atoms with van der Waals surface area (Å²) >= 11 is 6.39. The summed E-state index contributed by atoms with van der Waals surface area (Å²) in [4.78, 5) is 26.5. The number of nitrogens with one attached hydrogen (secondary N) is 1. The molecule has 0 spiro atoms. The van der Waals surface area contributed by atoms with Gasteiger partial charge in [0.05, 0.1) is 11.5 Å². The van der Waals surface area contributed by atoms with Crippen molar-refractivity contribution in [1.82, 2.24) is 4.90 Å². The van der Waals surface area contributed by atoms with Crippen molar-refractivity contribution >= 4 is 51.9 Å². The van der Waals surface area contributed by atoms with Gasteiger partial charge in [-0.2, -0.15) is 0 Å². The van der Waals surface area contributed by atoms with E-state index in [4.69, 9.17) is 17.0 Å². The molecule has 3 rings (SSSR count). The smallest absolute Gasteiger partial charge is 0.266 e. The van der Waals surface area contributed by atoms with Crippen molar-refractivity contribution < 1.29 is 18.7 Å². The number of carbonyl (C=O) groups is 2. The Balaban J connectivity index is 1.65. The Labute approximate surface area is 171 Å². The maximum absolute atomic E-state index is 12.9. The number of nitrogens with zero attached hydrogens (tertiary/aromatic N) is 1. The molecule has 0 radical (unpaired) electrons. The van der Waals surface area contributed by atoms with Crippen LogP contribution in [0.4, 0.5) is 10.1 Å². The Morgan fingerprint density at radius 1 is 1.21 bits per heavy atom. The Hall–Kier alpha value is -2.71. The molecule has 1 fully saturated rings. The molecule has 0 bridgehead atoms. The lowest BCUT2D eigenvalue weighted by Crippen LogP contribution is -2.36. The highest BCUT2D eigenvalue weighted by Crippen LogP contribution is 2.32. The zero-order valence-electron chi connectivity index (χ0n) is 15.0. The zero-order valence-corrected chi connectivity index (χ0v) is 16.6. The quantitative estimate of drug-likeness (QED) is 0.568. The fourth-order valence-corrected chi connectivity index (χ4v) is 3.75. The lowest BCUT2D eigenvalue weighted by Gasteiger charge is -2.14. The first-order valence-electron chi connectivity index (χ1n) is 8.50. The van der Waals surface area contributed by atoms with Gasteiger partial charge in [0.2, 0.25) is 5.91 Å². The predicted molar refractivity (Wildman–Crippen MR) is 113 cm³/mol. The van der Waals surface area contributed by atoms with Crippen LogP contribution in [0.15, 0.2) is 53.4 Å². The van der Waals surface area contributed by atoms with Crippen LogP contribution in [0.3, 0.4) is 0 Å². The summed E-state index contributed by atoms with van der Waals surface area (Å²) in [6, 6.07) is 12.7. The number of hydrogen-bond acceptors (Lipinski definition) is 5. The van der Waals surface area contributed by atoms with E-state index in [1.165, 1.54) is 29.2 Å². The monoisotopic (exact) mass is 416 g/mol. The highest BCUT2D eigenvalue weighted by atomic mass is 32.2. The number of rotatable bonds is 6. The van der Waals surface area contributed by atoms with Crippen molar-refractivity contribution in [2.75, 3.05) is 18.5 Å². The molecule has 1 aliphatic rings. The van der Waals surface area contributed by atoms with E-state index in [0.29, 0.717) is 21.5 Å². The minimum atomic E-state index is -0.412. The first-order valence-corrected chi connectivity index (χ1v) is 9.72. The highest BCUT2D eigenvalue weighted by molar-refractivity contribution is 8.26. The van der Waals surface area contributed by atoms with Gasteiger partial charge in [0.25, 0.3) is 5.91 Å². The van der Waals surface area contributed by atoms with E-state index in [9.17, 15) is 14.0 Å². The summed E-state index contributed by atoms with van der Waals surface area (Å²) in [7, 11) is 0. The van der Waals surface area contributed by atoms with Crippen LogP contribution in [0.1, 0.15) is 12.5 Å². The van der Waals surface area contributed by atoms with Gasteiger partial charge in [-0.05, 0) is 55.0 Å². The lowest BCUT2D eigenvalue weighted by molar-refractivity contribution is -0.126. The number of benzene rings is 2. The first kappa shape index (κ1) is 20.0. The second-order valence-corrected chi connectivity index (χ2v) is 7.50. The van der Waals surface area contributed by atoms with Gasteiger partial charge >= 0.3 is 0 Å². The molecular weight excluding hydrogens is 399 g/mol. The molecule has 0 saturated carbocycles. The predicted octanol–water partition coefficient (Wildman–Crippen LogP) is 4.06. The molecule has 1 saturated heterocycles. The Bertz CT molecular complexity index is 927. The second-order valence-electron chi connectivity index (χ2n) is 5.82. The molecule has 1 heterocycles. The van der Waals surface area contributed by atoms with Crippen LogP contribution in [-0.2, 0) is 9.59 Å². The molecule has 0 aromatic heterocycles. The molecule has 8 heteroatoms. The molecule has 1 N–H and O–H groups in total. The van der Waals surface area contributed by atoms with E-state index >= 15 is 0 Å². The molecule has 2 aromatic rings. The minimum Gasteiger partial charge on any atom is -0.494 e. The largest absolute Gasteiger partial charge is 0.494 e. The van der Waals surface area contributed by atoms with Crippen molar-refractivity contribution in [3.8, 4) is 5.75 Å². The van der Waals surface area contributed by atoms with Gasteiger partial charge in [-0.15, -0.1) is 0 Å². The second kappa shape index (κ2) is 8.99. The first-order chi connectivity index (χ1) is 13.5. The van der Waals surface area contributed by atoms with Crippen LogP contribution in [0.2, 0.25) is 0 Å². The Morgan fingerprint density at radius 3 is 2.54 bits per heavy atom. The summed E-state index contributed by atoms with van der Waals surface area (Å²) in [5, 5.41) is 2.62. The maximum Gasteiger partial charge on any atom is 0.266 e. The van der Waals surface area contributed by atoms with Crippen LogP contribution in [0, 0.1) is 5.82 Å². The molecular formula is C20H17FN2O3S2. The molecule has 144 valence electrons. The van der Waals surface area contributed by atoms with E-state index in [1.807, 2.05) is 31.2 Å². The molecule has 5 nitrogen and oxygen atoms in total. The fourth-order valence-electron chi connectivity index (χ4n) is 2.49. The number of ether oxygens (including phenoxy) is 1. The standard InChI is InChI=1S/C20H17FN2O3S2/c1-2-26-16-9-3-13(4-10-16)11-17-19(25)23(20(27)28-17)12-18(24)22-15-7-5-14(21)6-8-15/h3-11H,2,12H2,1H3,(H,22,24)/b17-11+. The fraction of sp³-hybridized carbons (Fsp3) is 0.150. The molecule has 1 aliphatic heterocycles. The van der Waals surface area contributed by atoms with Crippen molar-refractivity contribution in [2.24, 2.45) is 0 Å². The van der Waals surface area contributed by atoms with Gasteiger partial charge < -0.3 is 10.1 Å². The highest BCUT2D eigenvalue weighted by Gasteiger charge is 2.33. The van der Waals surface area contributed by atoms with Gasteiger partial charge in [0, 0.05) is 5.69 Å². The molecule has 0 aliphatic carbocycles. The minimum absolute atomic E-state index is 0.206. The van der Waals surface area contributed by atoms with Crippen molar-refractivity contribution in [3.05, 3.63) is 64.8 Å². The summed E-state index contributed by atoms with van der Waals surface area (Å²) < 4.78 is 18.7. The van der Waals surface area contributed by atoms with Gasteiger partial charge in [0.1, 0.15) is 22.4 Å². The van der Waals surface area contributed by atoms with Crippen LogP contribution in [0.25, 0.3) is 6.08 Å². The molecule has 2 aromatic carbocycles. The molecule has 0 atom stereocenters. The molecule has 28 heavy (non-hydrogen) atoms. The summed E-state index contributed by atoms with van der Waals surface area (Å²) in [5.41, 5.74) is 1.28. The Kier molecular flexibility index (Phi) is 6.43. The average molecular weight is 416 g/mol. The number of halogens is 1. The number of carbonyl (C=O) groups excluding carboxylic acids is 2. The van der Waals surface area contributed by atoms with E-state index < -0.39 is 11.7 Å². The van der Waals surface area contributed by atoms with Gasteiger partial charge in [-0.25, -0.2) is 4.39 Å². The van der Waals surface area contributed by atoms with Crippen LogP contribution in [-0.4, -0.2) is 34.2 Å². The average Bonchev–Trinajstić information content (AvgIpc) is 2.93. The number of hydrogen-bond donors (Lipinski definition) is 1. The van der Waals surface area contributed by atoms with Crippen LogP contribution in [0.5, 0.6) is 5.75 Å². The topological polar surface area (TPSA) is 58.6 Å². The SMILES string of the molecule is CCOc1ccc(/C=C2/SC(=S)N(CC(=O)Nc3ccc(F)cc3)C2=O)cc1. The van der Waals surface area contributed by atoms with Gasteiger partial charge in [0.15, 0.2) is 0 Å². The van der Waals surface area contributed by atoms with Gasteiger partial charge in [-0.3, -0.25) is 14.5 Å². The third kappa shape index (κ3) is 4.96. The zero-order chi connectivity index (χ0) is 20.1. The van der Waals surface area contributed by atoms with E-state index in [-0.39, 0.29) is 12.5 Å². The van der Waals surface area contributed by atoms with Crippen molar-refractivity contribution in [1.29, 1.82) is 0 Å². The van der Waals surface area contributed by atoms with E-state index in [2.05, 4.69) is 5.32 Å². The number of anilines is 1. The lowest BCUT2D eigenvalue weighted by atomic mass is 10.2. The van der Waals surface area contributed by atoms with Crippen molar-refractivity contribution in [3.63, 3.8) is 0 Å². The van der Waals surface area contributed by atoms with Gasteiger partial charge in [-0.1, -0.05) is 36.1 Å². The van der Waals surface area contributed by atoms with Crippen LogP contribution < -0.4 is 10.1 Å². The number of amides is 2.